The number of hydrogen-bond acceptors (Lipinski definition) is 8. The Labute approximate surface area is 273 Å². The Bertz CT molecular complexity index is 2090. The van der Waals surface area contributed by atoms with Gasteiger partial charge in [0.15, 0.2) is 0 Å². The number of benzene rings is 2. The van der Waals surface area contributed by atoms with Gasteiger partial charge in [0.25, 0.3) is 10.0 Å². The second-order valence-electron chi connectivity index (χ2n) is 11.7. The first-order chi connectivity index (χ1) is 22.8. The molecule has 1 unspecified atom stereocenters. The zero-order valence-corrected chi connectivity index (χ0v) is 26.7. The van der Waals surface area contributed by atoms with Crippen LogP contribution in [0.15, 0.2) is 61.1 Å². The first kappa shape index (κ1) is 32.8. The van der Waals surface area contributed by atoms with Gasteiger partial charge in [0.2, 0.25) is 0 Å². The molecule has 0 aliphatic heterocycles. The number of nitrogen functional groups attached to an aromatic ring is 1. The number of carboxylic acid groups (broad SMARTS) is 1. The van der Waals surface area contributed by atoms with Gasteiger partial charge in [-0.25, -0.2) is 17.8 Å². The van der Waals surface area contributed by atoms with E-state index in [0.717, 1.165) is 5.56 Å². The number of nitrogens with two attached hydrogens (primary N) is 1. The minimum Gasteiger partial charge on any atom is -0.484 e. The molecule has 2 aromatic carbocycles. The van der Waals surface area contributed by atoms with Crippen molar-refractivity contribution in [3.05, 3.63) is 72.4 Å². The molecule has 1 saturated carbocycles. The van der Waals surface area contributed by atoms with Crippen molar-refractivity contribution >= 4 is 38.4 Å². The van der Waals surface area contributed by atoms with Gasteiger partial charge in [-0.05, 0) is 62.4 Å². The minimum absolute atomic E-state index is 0.0606. The van der Waals surface area contributed by atoms with Gasteiger partial charge in [0.1, 0.15) is 29.2 Å². The van der Waals surface area contributed by atoms with Crippen molar-refractivity contribution in [1.82, 2.24) is 24.5 Å². The Balaban J connectivity index is 1.38. The predicted molar refractivity (Wildman–Crippen MR) is 172 cm³/mol. The third-order valence-corrected chi connectivity index (χ3v) is 9.58. The highest BCUT2D eigenvalue weighted by molar-refractivity contribution is 7.93. The second-order valence-corrected chi connectivity index (χ2v) is 13.4. The van der Waals surface area contributed by atoms with E-state index in [1.807, 2.05) is 15.6 Å². The van der Waals surface area contributed by atoms with Gasteiger partial charge >= 0.3 is 11.7 Å². The number of nitrogens with one attached hydrogen (secondary N) is 1. The van der Waals surface area contributed by atoms with Crippen LogP contribution in [0.1, 0.15) is 50.3 Å². The predicted octanol–water partition coefficient (Wildman–Crippen LogP) is 6.14. The molecule has 48 heavy (non-hydrogen) atoms. The number of aliphatic carboxylic acids is 1. The molecule has 12 nitrogen and oxygen atoms in total. The summed E-state index contributed by atoms with van der Waals surface area (Å²) in [5, 5.41) is 19.1. The first-order valence-corrected chi connectivity index (χ1v) is 16.6. The van der Waals surface area contributed by atoms with Crippen molar-refractivity contribution in [3.8, 4) is 28.1 Å². The number of carboxylic acids is 1. The molecule has 0 amide bonds. The Hall–Kier alpha value is -5.12. The Kier molecular flexibility index (Phi) is 8.76. The third kappa shape index (κ3) is 6.39. The second kappa shape index (κ2) is 12.8. The van der Waals surface area contributed by atoms with Gasteiger partial charge in [-0.3, -0.25) is 18.9 Å². The van der Waals surface area contributed by atoms with Crippen LogP contribution < -0.4 is 15.2 Å². The van der Waals surface area contributed by atoms with Crippen molar-refractivity contribution in [2.24, 2.45) is 13.0 Å². The summed E-state index contributed by atoms with van der Waals surface area (Å²) in [6, 6.07) is 9.79. The number of hydrogen-bond donors (Lipinski definition) is 3. The number of sulfonamides is 1. The van der Waals surface area contributed by atoms with E-state index in [0.29, 0.717) is 59.0 Å². The fourth-order valence-corrected chi connectivity index (χ4v) is 6.62. The van der Waals surface area contributed by atoms with E-state index in [2.05, 4.69) is 10.1 Å². The van der Waals surface area contributed by atoms with Crippen LogP contribution >= 0.6 is 0 Å². The van der Waals surface area contributed by atoms with Crippen LogP contribution in [-0.2, 0) is 21.9 Å². The van der Waals surface area contributed by atoms with Crippen LogP contribution in [0, 0.1) is 11.7 Å². The number of nitrogens with zero attached hydrogens (tertiary/aromatic N) is 5. The molecule has 4 N–H and O–H groups in total. The zero-order chi connectivity index (χ0) is 34.3. The smallest absolute Gasteiger partial charge is 0.355 e. The topological polar surface area (TPSA) is 167 Å². The summed E-state index contributed by atoms with van der Waals surface area (Å²) in [4.78, 5) is 15.8. The van der Waals surface area contributed by atoms with Gasteiger partial charge in [-0.2, -0.15) is 19.0 Å². The number of carbonyl (C=O) groups is 1. The van der Waals surface area contributed by atoms with Gasteiger partial charge in [0.05, 0.1) is 34.7 Å². The van der Waals surface area contributed by atoms with E-state index in [4.69, 9.17) is 15.6 Å². The fraction of sp³-hybridized carbons (Fsp3) is 0.312. The molecule has 5 aromatic rings. The van der Waals surface area contributed by atoms with E-state index >= 15 is 0 Å². The lowest BCUT2D eigenvalue weighted by Crippen LogP contribution is -2.23. The average molecular weight is 684 g/mol. The number of halogens is 3. The maximum Gasteiger partial charge on any atom is 0.355 e. The Morgan fingerprint density at radius 3 is 2.46 bits per heavy atom. The van der Waals surface area contributed by atoms with E-state index in [1.54, 1.807) is 31.0 Å². The van der Waals surface area contributed by atoms with E-state index in [-0.39, 0.29) is 29.2 Å². The molecule has 3 aromatic heterocycles. The van der Waals surface area contributed by atoms with Gasteiger partial charge in [0, 0.05) is 36.1 Å². The third-order valence-electron chi connectivity index (χ3n) is 8.61. The van der Waals surface area contributed by atoms with Crippen molar-refractivity contribution in [2.45, 2.75) is 50.5 Å². The molecule has 0 bridgehead atoms. The summed E-state index contributed by atoms with van der Waals surface area (Å²) in [7, 11) is -3.31. The molecule has 0 spiro atoms. The maximum absolute atomic E-state index is 13.5. The number of anilines is 2. The molecular weight excluding hydrogens is 651 g/mol. The summed E-state index contributed by atoms with van der Waals surface area (Å²) in [6.45, 7) is 1.65. The summed E-state index contributed by atoms with van der Waals surface area (Å²) in [6.07, 6.45) is 7.01. The highest BCUT2D eigenvalue weighted by Gasteiger charge is 2.29. The molecular formula is C32H32F3N7O5S. The van der Waals surface area contributed by atoms with Crippen LogP contribution in [0.4, 0.5) is 24.7 Å². The molecule has 0 radical (unpaired) electrons. The lowest BCUT2D eigenvalue weighted by molar-refractivity contribution is -0.143. The number of rotatable bonds is 10. The zero-order valence-electron chi connectivity index (χ0n) is 25.8. The van der Waals surface area contributed by atoms with Crippen LogP contribution in [-0.4, -0.2) is 49.8 Å². The normalized spacial score (nSPS) is 17.5. The highest BCUT2D eigenvalue weighted by atomic mass is 32.2. The lowest BCUT2D eigenvalue weighted by atomic mass is 9.86. The standard InChI is InChI=1S/C32H32F3N7O5S/c1-17(18-3-8-22(33)9-4-18)47-26-13-20(7-12-25(26)40-48(45,46)32(34)35)28-27-29(41(2)39-28)24(15-37-30(27)36)21-14-38-42(16-21)23-10-5-19(6-11-23)31(43)44/h3-4,7-9,12-17,19,23,32,40H,5-6,10-11H2,1-2H3,(H2,36,37)(H,43,44). The van der Waals surface area contributed by atoms with Crippen molar-refractivity contribution < 1.29 is 36.2 Å². The maximum atomic E-state index is 13.5. The first-order valence-electron chi connectivity index (χ1n) is 15.1. The van der Waals surface area contributed by atoms with Gasteiger partial charge < -0.3 is 15.6 Å². The van der Waals surface area contributed by atoms with Crippen LogP contribution in [0.2, 0.25) is 0 Å². The van der Waals surface area contributed by atoms with E-state index in [1.165, 1.54) is 42.5 Å². The number of aryl methyl sites for hydroxylation is 1. The Morgan fingerprint density at radius 1 is 1.08 bits per heavy atom. The molecule has 6 rings (SSSR count). The molecule has 252 valence electrons. The number of ether oxygens (including phenoxy) is 1. The molecule has 0 saturated heterocycles. The summed E-state index contributed by atoms with van der Waals surface area (Å²) >= 11 is 0. The fourth-order valence-electron chi connectivity index (χ4n) is 6.05. The monoisotopic (exact) mass is 683 g/mol. The number of aromatic nitrogens is 5. The molecule has 16 heteroatoms. The van der Waals surface area contributed by atoms with Crippen molar-refractivity contribution in [3.63, 3.8) is 0 Å². The number of fused-ring (bicyclic) bond motifs is 1. The summed E-state index contributed by atoms with van der Waals surface area (Å²) in [5.74, 6) is -5.17. The van der Waals surface area contributed by atoms with Crippen molar-refractivity contribution in [1.29, 1.82) is 0 Å². The SMILES string of the molecule is CC(Oc1cc(-c2nn(C)c3c(-c4cnn(C5CCC(C(=O)O)CC5)c4)cnc(N)c23)ccc1NS(=O)(=O)C(F)F)c1ccc(F)cc1. The highest BCUT2D eigenvalue weighted by Crippen LogP contribution is 2.41. The summed E-state index contributed by atoms with van der Waals surface area (Å²) < 4.78 is 75.8. The molecule has 1 atom stereocenters. The van der Waals surface area contributed by atoms with Crippen LogP contribution in [0.5, 0.6) is 5.75 Å². The number of pyridine rings is 1. The van der Waals surface area contributed by atoms with E-state index in [9.17, 15) is 31.5 Å². The van der Waals surface area contributed by atoms with Gasteiger partial charge in [-0.1, -0.05) is 18.2 Å². The molecule has 1 fully saturated rings. The quantitative estimate of drug-likeness (QED) is 0.157. The Morgan fingerprint density at radius 2 is 1.79 bits per heavy atom. The lowest BCUT2D eigenvalue weighted by Gasteiger charge is -2.26. The van der Waals surface area contributed by atoms with E-state index < -0.39 is 33.7 Å². The molecule has 1 aliphatic carbocycles. The minimum atomic E-state index is -5.04. The largest absolute Gasteiger partial charge is 0.484 e. The van der Waals surface area contributed by atoms with Crippen LogP contribution in [0.3, 0.4) is 0 Å². The summed E-state index contributed by atoms with van der Waals surface area (Å²) in [5.41, 5.74) is 9.60. The number of alkyl halides is 2. The average Bonchev–Trinajstić information content (AvgIpc) is 3.68. The molecule has 3 heterocycles. The van der Waals surface area contributed by atoms with Gasteiger partial charge in [-0.15, -0.1) is 0 Å². The van der Waals surface area contributed by atoms with Crippen LogP contribution in [0.25, 0.3) is 33.3 Å². The molecule has 1 aliphatic rings. The van der Waals surface area contributed by atoms with Crippen molar-refractivity contribution in [2.75, 3.05) is 10.5 Å².